The van der Waals surface area contributed by atoms with Crippen molar-refractivity contribution < 1.29 is 0 Å². The number of hydrogen-bond acceptors (Lipinski definition) is 0. The average molecular weight is 537 g/mol. The third kappa shape index (κ3) is 6.08. The molecule has 0 nitrogen and oxygen atoms in total. The molecule has 0 N–H and O–H groups in total. The van der Waals surface area contributed by atoms with Gasteiger partial charge in [0.15, 0.2) is 0 Å². The molecule has 0 aromatic rings. The fraction of sp³-hybridized carbons (Fsp3) is 1.00. The van der Waals surface area contributed by atoms with Crippen molar-refractivity contribution in [3.8, 4) is 0 Å². The lowest BCUT2D eigenvalue weighted by Gasteiger charge is -2.67. The molecule has 0 heterocycles. The molecule has 0 heteroatoms. The van der Waals surface area contributed by atoms with Gasteiger partial charge in [-0.15, -0.1) is 0 Å². The van der Waals surface area contributed by atoms with Crippen molar-refractivity contribution in [2.75, 3.05) is 0 Å². The molecule has 6 aliphatic carbocycles. The summed E-state index contributed by atoms with van der Waals surface area (Å²) in [6, 6.07) is 0. The van der Waals surface area contributed by atoms with Gasteiger partial charge < -0.3 is 0 Å². The second-order valence-electron chi connectivity index (χ2n) is 18.0. The molecule has 0 aromatic heterocycles. The maximum absolute atomic E-state index is 2.57. The van der Waals surface area contributed by atoms with Gasteiger partial charge in [-0.05, 0) is 147 Å². The van der Waals surface area contributed by atoms with Crippen LogP contribution in [0, 0.1) is 63.6 Å². The molecule has 2 bridgehead atoms. The first-order chi connectivity index (χ1) is 18.8. The van der Waals surface area contributed by atoms with E-state index in [4.69, 9.17) is 0 Å². The molecule has 39 heavy (non-hydrogen) atoms. The third-order valence-electron chi connectivity index (χ3n) is 15.3. The summed E-state index contributed by atoms with van der Waals surface area (Å²) in [7, 11) is 0. The van der Waals surface area contributed by atoms with E-state index in [9.17, 15) is 0 Å². The molecule has 0 aliphatic heterocycles. The van der Waals surface area contributed by atoms with Gasteiger partial charge in [-0.3, -0.25) is 0 Å². The Morgan fingerprint density at radius 1 is 0.436 bits per heavy atom. The van der Waals surface area contributed by atoms with Crippen LogP contribution in [0.4, 0.5) is 0 Å². The van der Waals surface area contributed by atoms with E-state index in [0.717, 1.165) is 47.3 Å². The zero-order valence-electron chi connectivity index (χ0n) is 27.1. The summed E-state index contributed by atoms with van der Waals surface area (Å²) in [5.41, 5.74) is 2.11. The molecular weight excluding hydrogens is 468 g/mol. The molecule has 0 spiro atoms. The van der Waals surface area contributed by atoms with Crippen LogP contribution in [0.15, 0.2) is 0 Å². The van der Waals surface area contributed by atoms with Crippen LogP contribution in [0.2, 0.25) is 0 Å². The van der Waals surface area contributed by atoms with E-state index in [-0.39, 0.29) is 0 Å². The molecule has 6 rings (SSSR count). The van der Waals surface area contributed by atoms with Crippen LogP contribution in [-0.4, -0.2) is 0 Å². The van der Waals surface area contributed by atoms with E-state index < -0.39 is 0 Å². The highest BCUT2D eigenvalue weighted by Gasteiger charge is 2.62. The highest BCUT2D eigenvalue weighted by Crippen LogP contribution is 2.72. The Morgan fingerprint density at radius 2 is 0.821 bits per heavy atom. The lowest BCUT2D eigenvalue weighted by Crippen LogP contribution is -2.57. The Bertz CT molecular complexity index is 726. The number of fused-ring (bicyclic) bond motifs is 2. The maximum atomic E-state index is 2.57. The zero-order chi connectivity index (χ0) is 27.1. The Morgan fingerprint density at radius 3 is 1.26 bits per heavy atom. The molecule has 6 saturated carbocycles. The summed E-state index contributed by atoms with van der Waals surface area (Å²) in [6.07, 6.45) is 37.9. The molecule has 0 amide bonds. The summed E-state index contributed by atoms with van der Waals surface area (Å²) in [6.45, 7) is 10.2. The Hall–Kier alpha value is 0. The predicted octanol–water partition coefficient (Wildman–Crippen LogP) is 12.4. The van der Waals surface area contributed by atoms with Gasteiger partial charge in [0.25, 0.3) is 0 Å². The highest BCUT2D eigenvalue weighted by atomic mass is 14.7. The van der Waals surface area contributed by atoms with E-state index in [1.165, 1.54) is 51.4 Å². The number of hydrogen-bond donors (Lipinski definition) is 0. The van der Waals surface area contributed by atoms with Crippen LogP contribution in [0.25, 0.3) is 0 Å². The standard InChI is InChI=1S/C39H68/c1-29-6-14-33(15-7-29)22-25-39(36-20-12-32(4)13-21-36)27-37(34-16-8-30(2)9-17-34)23-5-24-38(26-37,28-39)35-18-10-31(3)11-19-35/h29-36H,5-28H2,1-4H3. The second-order valence-corrected chi connectivity index (χ2v) is 18.0. The molecule has 6 aliphatic rings. The fourth-order valence-corrected chi connectivity index (χ4v) is 12.8. The molecule has 0 aromatic carbocycles. The van der Waals surface area contributed by atoms with Gasteiger partial charge in [-0.1, -0.05) is 98.3 Å². The summed E-state index contributed by atoms with van der Waals surface area (Å²) in [5, 5.41) is 0. The van der Waals surface area contributed by atoms with Gasteiger partial charge in [-0.25, -0.2) is 0 Å². The van der Waals surface area contributed by atoms with Gasteiger partial charge in [-0.2, -0.15) is 0 Å². The molecule has 2 atom stereocenters. The minimum atomic E-state index is 0.688. The van der Waals surface area contributed by atoms with Crippen molar-refractivity contribution in [1.82, 2.24) is 0 Å². The van der Waals surface area contributed by atoms with Gasteiger partial charge in [0.05, 0.1) is 0 Å². The lowest BCUT2D eigenvalue weighted by molar-refractivity contribution is -0.167. The fourth-order valence-electron chi connectivity index (χ4n) is 12.8. The van der Waals surface area contributed by atoms with Crippen LogP contribution in [0.1, 0.15) is 182 Å². The first-order valence-electron chi connectivity index (χ1n) is 18.8. The Balaban J connectivity index is 1.34. The van der Waals surface area contributed by atoms with Crippen LogP contribution in [-0.2, 0) is 0 Å². The van der Waals surface area contributed by atoms with Crippen LogP contribution in [0.5, 0.6) is 0 Å². The topological polar surface area (TPSA) is 0 Å². The first-order valence-corrected chi connectivity index (χ1v) is 18.8. The normalized spacial score (nSPS) is 51.4. The molecule has 2 unspecified atom stereocenters. The highest BCUT2D eigenvalue weighted by molar-refractivity contribution is 5.12. The van der Waals surface area contributed by atoms with E-state index in [0.29, 0.717) is 16.2 Å². The summed E-state index contributed by atoms with van der Waals surface area (Å²) >= 11 is 0. The van der Waals surface area contributed by atoms with Crippen molar-refractivity contribution in [1.29, 1.82) is 0 Å². The van der Waals surface area contributed by atoms with Gasteiger partial charge in [0.1, 0.15) is 0 Å². The van der Waals surface area contributed by atoms with E-state index in [2.05, 4.69) is 27.7 Å². The molecular formula is C39H68. The van der Waals surface area contributed by atoms with E-state index >= 15 is 0 Å². The van der Waals surface area contributed by atoms with E-state index in [1.54, 1.807) is 103 Å². The Labute approximate surface area is 245 Å². The van der Waals surface area contributed by atoms with Gasteiger partial charge in [0.2, 0.25) is 0 Å². The lowest BCUT2D eigenvalue weighted by atomic mass is 9.38. The van der Waals surface area contributed by atoms with E-state index in [1.807, 2.05) is 0 Å². The van der Waals surface area contributed by atoms with Gasteiger partial charge >= 0.3 is 0 Å². The summed E-state index contributed by atoms with van der Waals surface area (Å²) in [4.78, 5) is 0. The van der Waals surface area contributed by atoms with Gasteiger partial charge in [0, 0.05) is 0 Å². The Kier molecular flexibility index (Phi) is 8.91. The first kappa shape index (κ1) is 29.1. The second kappa shape index (κ2) is 11.9. The SMILES string of the molecule is CC1CCC(CCC2(C3CCC(C)CC3)CC3(C4CCC(C)CC4)CCCC(C4CCC(C)CC4)(C3)C2)CC1. The van der Waals surface area contributed by atoms with Crippen LogP contribution < -0.4 is 0 Å². The average Bonchev–Trinajstić information content (AvgIpc) is 2.93. The molecule has 224 valence electrons. The molecule has 0 saturated heterocycles. The number of rotatable bonds is 6. The summed E-state index contributed by atoms with van der Waals surface area (Å²) in [5.74, 6) is 8.21. The third-order valence-corrected chi connectivity index (χ3v) is 15.3. The van der Waals surface area contributed by atoms with Crippen molar-refractivity contribution in [2.24, 2.45) is 63.6 Å². The molecule has 0 radical (unpaired) electrons. The minimum Gasteiger partial charge on any atom is -0.0625 e. The van der Waals surface area contributed by atoms with Crippen molar-refractivity contribution >= 4 is 0 Å². The monoisotopic (exact) mass is 537 g/mol. The van der Waals surface area contributed by atoms with Crippen molar-refractivity contribution in [3.05, 3.63) is 0 Å². The largest absolute Gasteiger partial charge is 0.0625 e. The minimum absolute atomic E-state index is 0.688. The maximum Gasteiger partial charge on any atom is -0.0258 e. The van der Waals surface area contributed by atoms with Crippen molar-refractivity contribution in [2.45, 2.75) is 182 Å². The van der Waals surface area contributed by atoms with Crippen molar-refractivity contribution in [3.63, 3.8) is 0 Å². The van der Waals surface area contributed by atoms with Crippen LogP contribution >= 0.6 is 0 Å². The quantitative estimate of drug-likeness (QED) is 0.316. The van der Waals surface area contributed by atoms with Crippen LogP contribution in [0.3, 0.4) is 0 Å². The smallest absolute Gasteiger partial charge is 0.0258 e. The summed E-state index contributed by atoms with van der Waals surface area (Å²) < 4.78 is 0. The zero-order valence-corrected chi connectivity index (χ0v) is 27.1. The predicted molar refractivity (Wildman–Crippen MR) is 169 cm³/mol. The molecule has 6 fully saturated rings.